The number of pyridine rings is 1. The molecule has 8 nitrogen and oxygen atoms in total. The highest BCUT2D eigenvalue weighted by Gasteiger charge is 2.53. The molecular formula is C27H31Cl2F3N4O4. The maximum Gasteiger partial charge on any atom is 0.433 e. The predicted octanol–water partition coefficient (Wildman–Crippen LogP) is 6.57. The average molecular weight is 603 g/mol. The van der Waals surface area contributed by atoms with E-state index in [1.54, 1.807) is 20.8 Å². The third-order valence-electron chi connectivity index (χ3n) is 7.92. The van der Waals surface area contributed by atoms with E-state index in [1.807, 2.05) is 0 Å². The Balaban J connectivity index is 1.69. The maximum absolute atomic E-state index is 14.5. The number of aliphatic carboxylic acids is 1. The van der Waals surface area contributed by atoms with Gasteiger partial charge in [-0.1, -0.05) is 50.4 Å². The van der Waals surface area contributed by atoms with E-state index in [1.165, 1.54) is 12.4 Å². The molecule has 13 heteroatoms. The summed E-state index contributed by atoms with van der Waals surface area (Å²) in [6.45, 7) is 4.77. The molecule has 2 aliphatic carbocycles. The fraction of sp³-hybridized carbons (Fsp3) is 0.593. The van der Waals surface area contributed by atoms with Gasteiger partial charge in [0.1, 0.15) is 0 Å². The van der Waals surface area contributed by atoms with Crippen molar-refractivity contribution in [1.82, 2.24) is 19.7 Å². The van der Waals surface area contributed by atoms with E-state index in [2.05, 4.69) is 10.1 Å². The molecule has 40 heavy (non-hydrogen) atoms. The number of carboxylic acids is 1. The molecule has 2 aromatic rings. The zero-order valence-electron chi connectivity index (χ0n) is 22.4. The van der Waals surface area contributed by atoms with Crippen LogP contribution in [0.5, 0.6) is 0 Å². The Morgan fingerprint density at radius 2 is 1.75 bits per heavy atom. The van der Waals surface area contributed by atoms with Gasteiger partial charge in [0.25, 0.3) is 5.91 Å². The third kappa shape index (κ3) is 5.86. The van der Waals surface area contributed by atoms with E-state index in [0.717, 1.165) is 15.8 Å². The van der Waals surface area contributed by atoms with E-state index in [-0.39, 0.29) is 47.3 Å². The number of nitrogens with zero attached hydrogens (tertiary/aromatic N) is 4. The second kappa shape index (κ2) is 11.0. The highest BCUT2D eigenvalue weighted by atomic mass is 35.5. The molecule has 3 atom stereocenters. The van der Waals surface area contributed by atoms with Crippen LogP contribution in [0.4, 0.5) is 13.2 Å². The van der Waals surface area contributed by atoms with Crippen molar-refractivity contribution < 1.29 is 32.7 Å². The van der Waals surface area contributed by atoms with Gasteiger partial charge < -0.3 is 10.0 Å². The normalized spacial score (nSPS) is 23.1. The smallest absolute Gasteiger partial charge is 0.433 e. The SMILES string of the molecule is CC(C)(C)CN(CC(=O)c1c(Cl)cncc1Cl)C(=O)c1cnn(C2CC[C@@]3(C(=O)O)CCCC3C2)c1C(F)(F)F. The second-order valence-electron chi connectivity index (χ2n) is 12.0. The predicted molar refractivity (Wildman–Crippen MR) is 141 cm³/mol. The molecule has 1 amide bonds. The molecule has 0 aliphatic heterocycles. The Kier molecular flexibility index (Phi) is 8.31. The van der Waals surface area contributed by atoms with E-state index in [0.29, 0.717) is 19.3 Å². The molecule has 0 spiro atoms. The maximum atomic E-state index is 14.5. The molecule has 2 saturated carbocycles. The van der Waals surface area contributed by atoms with Crippen molar-refractivity contribution in [2.45, 2.75) is 71.5 Å². The fourth-order valence-electron chi connectivity index (χ4n) is 6.25. The van der Waals surface area contributed by atoms with Crippen LogP contribution in [0.15, 0.2) is 18.6 Å². The number of carbonyl (C=O) groups is 3. The molecular weight excluding hydrogens is 572 g/mol. The topological polar surface area (TPSA) is 105 Å². The minimum Gasteiger partial charge on any atom is -0.481 e. The van der Waals surface area contributed by atoms with Crippen molar-refractivity contribution in [3.63, 3.8) is 0 Å². The molecule has 1 N–H and O–H groups in total. The van der Waals surface area contributed by atoms with Gasteiger partial charge in [-0.15, -0.1) is 0 Å². The molecule has 2 unspecified atom stereocenters. The lowest BCUT2D eigenvalue weighted by Crippen LogP contribution is -2.42. The van der Waals surface area contributed by atoms with Crippen LogP contribution in [0.1, 0.15) is 91.7 Å². The summed E-state index contributed by atoms with van der Waals surface area (Å²) in [5.41, 5.74) is -3.42. The van der Waals surface area contributed by atoms with Crippen molar-refractivity contribution in [2.75, 3.05) is 13.1 Å². The number of carbonyl (C=O) groups excluding carboxylic acids is 2. The number of halogens is 5. The molecule has 0 bridgehead atoms. The van der Waals surface area contributed by atoms with Gasteiger partial charge in [0.05, 0.1) is 45.4 Å². The first-order valence-corrected chi connectivity index (χ1v) is 13.8. The molecule has 0 saturated heterocycles. The Hall–Kier alpha value is -2.66. The number of Topliss-reactive ketones (excluding diaryl/α,β-unsaturated/α-hetero) is 1. The highest BCUT2D eigenvalue weighted by Crippen LogP contribution is 2.55. The number of hydrogen-bond acceptors (Lipinski definition) is 5. The van der Waals surface area contributed by atoms with Crippen molar-refractivity contribution in [1.29, 1.82) is 0 Å². The number of hydrogen-bond donors (Lipinski definition) is 1. The fourth-order valence-corrected chi connectivity index (χ4v) is 6.82. The average Bonchev–Trinajstić information content (AvgIpc) is 3.47. The van der Waals surface area contributed by atoms with Crippen molar-refractivity contribution >= 4 is 40.9 Å². The van der Waals surface area contributed by atoms with Crippen LogP contribution in [-0.2, 0) is 11.0 Å². The van der Waals surface area contributed by atoms with Gasteiger partial charge in [-0.2, -0.15) is 18.3 Å². The number of aromatic nitrogens is 3. The number of ketones is 1. The Morgan fingerprint density at radius 3 is 2.33 bits per heavy atom. The van der Waals surface area contributed by atoms with E-state index < -0.39 is 58.5 Å². The number of fused-ring (bicyclic) bond motifs is 1. The second-order valence-corrected chi connectivity index (χ2v) is 12.8. The zero-order valence-corrected chi connectivity index (χ0v) is 23.9. The van der Waals surface area contributed by atoms with E-state index >= 15 is 0 Å². The van der Waals surface area contributed by atoms with Crippen molar-refractivity contribution in [3.05, 3.63) is 45.5 Å². The first-order chi connectivity index (χ1) is 18.5. The Labute approximate surface area is 239 Å². The lowest BCUT2D eigenvalue weighted by molar-refractivity contribution is -0.156. The number of amides is 1. The van der Waals surface area contributed by atoms with Gasteiger partial charge in [0, 0.05) is 18.9 Å². The van der Waals surface area contributed by atoms with Crippen LogP contribution in [0.2, 0.25) is 10.0 Å². The molecule has 0 aromatic carbocycles. The standard InChI is InChI=1S/C27H31Cl2F3N4O4/c1-25(2,3)14-35(13-20(37)21-18(28)11-33-12-19(21)29)23(38)17-10-34-36(22(17)27(30,31)32)16-6-8-26(24(39)40)7-4-5-15(26)9-16/h10-12,15-16H,4-9,13-14H2,1-3H3,(H,39,40)/t15?,16?,26-/m0/s1. The lowest BCUT2D eigenvalue weighted by Gasteiger charge is -2.40. The van der Waals surface area contributed by atoms with Gasteiger partial charge in [-0.25, -0.2) is 0 Å². The van der Waals surface area contributed by atoms with Crippen LogP contribution in [0, 0.1) is 16.7 Å². The third-order valence-corrected chi connectivity index (χ3v) is 8.50. The number of rotatable bonds is 7. The summed E-state index contributed by atoms with van der Waals surface area (Å²) in [7, 11) is 0. The Bertz CT molecular complexity index is 1300. The molecule has 218 valence electrons. The van der Waals surface area contributed by atoms with Crippen LogP contribution < -0.4 is 0 Å². The van der Waals surface area contributed by atoms with Crippen molar-refractivity contribution in [3.8, 4) is 0 Å². The van der Waals surface area contributed by atoms with Gasteiger partial charge in [-0.05, 0) is 43.4 Å². The Morgan fingerprint density at radius 1 is 1.10 bits per heavy atom. The summed E-state index contributed by atoms with van der Waals surface area (Å²) < 4.78 is 44.4. The van der Waals surface area contributed by atoms with Crippen LogP contribution in [0.25, 0.3) is 0 Å². The summed E-state index contributed by atoms with van der Waals surface area (Å²) in [6.07, 6.45) is 0.925. The van der Waals surface area contributed by atoms with Crippen LogP contribution in [-0.4, -0.2) is 55.5 Å². The summed E-state index contributed by atoms with van der Waals surface area (Å²) in [5.74, 6) is -2.81. The summed E-state index contributed by atoms with van der Waals surface area (Å²) >= 11 is 12.2. The van der Waals surface area contributed by atoms with Gasteiger partial charge in [0.15, 0.2) is 11.5 Å². The quantitative estimate of drug-likeness (QED) is 0.359. The minimum absolute atomic E-state index is 0.0347. The highest BCUT2D eigenvalue weighted by molar-refractivity contribution is 6.39. The molecule has 2 heterocycles. The van der Waals surface area contributed by atoms with E-state index in [4.69, 9.17) is 23.2 Å². The van der Waals surface area contributed by atoms with Crippen LogP contribution in [0.3, 0.4) is 0 Å². The molecule has 4 rings (SSSR count). The summed E-state index contributed by atoms with van der Waals surface area (Å²) in [4.78, 5) is 43.8. The molecule has 2 fully saturated rings. The molecule has 2 aromatic heterocycles. The number of carboxylic acid groups (broad SMARTS) is 1. The van der Waals surface area contributed by atoms with Crippen LogP contribution >= 0.6 is 23.2 Å². The number of alkyl halides is 3. The minimum atomic E-state index is -4.92. The van der Waals surface area contributed by atoms with Gasteiger partial charge in [0.2, 0.25) is 0 Å². The molecule has 0 radical (unpaired) electrons. The monoisotopic (exact) mass is 602 g/mol. The first-order valence-electron chi connectivity index (χ1n) is 13.0. The lowest BCUT2D eigenvalue weighted by atomic mass is 9.67. The van der Waals surface area contributed by atoms with Crippen molar-refractivity contribution in [2.24, 2.45) is 16.7 Å². The summed E-state index contributed by atoms with van der Waals surface area (Å²) in [5, 5.41) is 13.8. The van der Waals surface area contributed by atoms with Gasteiger partial charge >= 0.3 is 12.1 Å². The zero-order chi connectivity index (χ0) is 29.6. The summed E-state index contributed by atoms with van der Waals surface area (Å²) in [6, 6.07) is -0.708. The first kappa shape index (κ1) is 30.3. The van der Waals surface area contributed by atoms with E-state index in [9.17, 15) is 32.7 Å². The molecule has 2 aliphatic rings. The van der Waals surface area contributed by atoms with Gasteiger partial charge in [-0.3, -0.25) is 24.0 Å². The largest absolute Gasteiger partial charge is 0.481 e.